The van der Waals surface area contributed by atoms with Crippen LogP contribution < -0.4 is 0 Å². The highest BCUT2D eigenvalue weighted by atomic mass is 16.3. The lowest BCUT2D eigenvalue weighted by atomic mass is 10.1. The SMILES string of the molecule is Oc1ccc2nc3n(c2c1)CCC(O)C3. The van der Waals surface area contributed by atoms with Crippen molar-refractivity contribution in [2.24, 2.45) is 0 Å². The predicted octanol–water partition coefficient (Wildman–Crippen LogP) is 1.05. The van der Waals surface area contributed by atoms with Gasteiger partial charge >= 0.3 is 0 Å². The van der Waals surface area contributed by atoms with Crippen molar-refractivity contribution < 1.29 is 10.2 Å². The number of phenols is 1. The van der Waals surface area contributed by atoms with Crippen LogP contribution in [0.15, 0.2) is 18.2 Å². The van der Waals surface area contributed by atoms with Crippen molar-refractivity contribution in [3.63, 3.8) is 0 Å². The molecular formula is C11H12N2O2. The van der Waals surface area contributed by atoms with E-state index in [-0.39, 0.29) is 11.9 Å². The minimum absolute atomic E-state index is 0.260. The van der Waals surface area contributed by atoms with Crippen molar-refractivity contribution in [1.82, 2.24) is 9.55 Å². The maximum Gasteiger partial charge on any atom is 0.117 e. The molecule has 0 spiro atoms. The van der Waals surface area contributed by atoms with Gasteiger partial charge in [-0.1, -0.05) is 0 Å². The van der Waals surface area contributed by atoms with E-state index in [1.165, 1.54) is 0 Å². The van der Waals surface area contributed by atoms with Gasteiger partial charge in [0.05, 0.1) is 17.1 Å². The molecule has 4 heteroatoms. The number of fused-ring (bicyclic) bond motifs is 3. The number of benzene rings is 1. The van der Waals surface area contributed by atoms with E-state index in [4.69, 9.17) is 0 Å². The molecule has 2 N–H and O–H groups in total. The number of hydrogen-bond donors (Lipinski definition) is 2. The molecule has 2 aromatic rings. The number of aromatic hydroxyl groups is 1. The van der Waals surface area contributed by atoms with Gasteiger partial charge in [-0.15, -0.1) is 0 Å². The maximum atomic E-state index is 9.53. The number of aliphatic hydroxyl groups excluding tert-OH is 1. The third-order valence-electron chi connectivity index (χ3n) is 2.92. The second-order valence-corrected chi connectivity index (χ2v) is 4.00. The number of imidazole rings is 1. The van der Waals surface area contributed by atoms with Crippen LogP contribution in [0.4, 0.5) is 0 Å². The third-order valence-corrected chi connectivity index (χ3v) is 2.92. The van der Waals surface area contributed by atoms with Crippen molar-refractivity contribution in [2.75, 3.05) is 0 Å². The second-order valence-electron chi connectivity index (χ2n) is 4.00. The number of aryl methyl sites for hydroxylation is 1. The number of aromatic nitrogens is 2. The van der Waals surface area contributed by atoms with Gasteiger partial charge < -0.3 is 14.8 Å². The van der Waals surface area contributed by atoms with Crippen LogP contribution >= 0.6 is 0 Å². The number of aliphatic hydroxyl groups is 1. The van der Waals surface area contributed by atoms with Crippen molar-refractivity contribution in [3.8, 4) is 5.75 Å². The summed E-state index contributed by atoms with van der Waals surface area (Å²) in [7, 11) is 0. The second kappa shape index (κ2) is 2.97. The van der Waals surface area contributed by atoms with Gasteiger partial charge in [0.25, 0.3) is 0 Å². The summed E-state index contributed by atoms with van der Waals surface area (Å²) < 4.78 is 2.07. The molecule has 0 fully saturated rings. The van der Waals surface area contributed by atoms with E-state index < -0.39 is 0 Å². The molecule has 0 radical (unpaired) electrons. The van der Waals surface area contributed by atoms with Gasteiger partial charge in [0.15, 0.2) is 0 Å². The average Bonchev–Trinajstić information content (AvgIpc) is 2.54. The Bertz CT molecular complexity index is 519. The molecular weight excluding hydrogens is 192 g/mol. The molecule has 0 aliphatic carbocycles. The van der Waals surface area contributed by atoms with Gasteiger partial charge in [-0.2, -0.15) is 0 Å². The number of phenolic OH excluding ortho intramolecular Hbond substituents is 1. The zero-order valence-corrected chi connectivity index (χ0v) is 8.22. The first-order chi connectivity index (χ1) is 7.24. The minimum atomic E-state index is -0.275. The fraction of sp³-hybridized carbons (Fsp3) is 0.364. The summed E-state index contributed by atoms with van der Waals surface area (Å²) in [5, 5.41) is 18.9. The largest absolute Gasteiger partial charge is 0.508 e. The molecule has 1 aromatic carbocycles. The van der Waals surface area contributed by atoms with E-state index in [2.05, 4.69) is 9.55 Å². The lowest BCUT2D eigenvalue weighted by molar-refractivity contribution is 0.142. The minimum Gasteiger partial charge on any atom is -0.508 e. The molecule has 1 aliphatic rings. The lowest BCUT2D eigenvalue weighted by Crippen LogP contribution is -2.23. The molecule has 1 atom stereocenters. The molecule has 4 nitrogen and oxygen atoms in total. The van der Waals surface area contributed by atoms with Crippen molar-refractivity contribution in [1.29, 1.82) is 0 Å². The number of hydrogen-bond acceptors (Lipinski definition) is 3. The lowest BCUT2D eigenvalue weighted by Gasteiger charge is -2.19. The molecule has 78 valence electrons. The van der Waals surface area contributed by atoms with Gasteiger partial charge in [-0.3, -0.25) is 0 Å². The van der Waals surface area contributed by atoms with Crippen molar-refractivity contribution in [2.45, 2.75) is 25.5 Å². The summed E-state index contributed by atoms with van der Waals surface area (Å²) in [4.78, 5) is 4.44. The molecule has 0 saturated heterocycles. The van der Waals surface area contributed by atoms with E-state index in [1.807, 2.05) is 6.07 Å². The van der Waals surface area contributed by atoms with E-state index in [9.17, 15) is 10.2 Å². The maximum absolute atomic E-state index is 9.53. The van der Waals surface area contributed by atoms with Gasteiger partial charge in [-0.25, -0.2) is 4.98 Å². The van der Waals surface area contributed by atoms with Crippen molar-refractivity contribution in [3.05, 3.63) is 24.0 Å². The monoisotopic (exact) mass is 204 g/mol. The molecule has 1 unspecified atom stereocenters. The summed E-state index contributed by atoms with van der Waals surface area (Å²) in [6.07, 6.45) is 1.09. The predicted molar refractivity (Wildman–Crippen MR) is 55.7 cm³/mol. The Morgan fingerprint density at radius 2 is 2.27 bits per heavy atom. The molecule has 3 rings (SSSR count). The Morgan fingerprint density at radius 3 is 3.13 bits per heavy atom. The number of nitrogens with zero attached hydrogens (tertiary/aromatic N) is 2. The molecule has 1 aliphatic heterocycles. The zero-order valence-electron chi connectivity index (χ0n) is 8.22. The first kappa shape index (κ1) is 8.73. The summed E-state index contributed by atoms with van der Waals surface area (Å²) in [6, 6.07) is 5.17. The Balaban J connectivity index is 2.24. The summed E-state index contributed by atoms with van der Waals surface area (Å²) >= 11 is 0. The first-order valence-electron chi connectivity index (χ1n) is 5.10. The molecule has 15 heavy (non-hydrogen) atoms. The molecule has 0 saturated carbocycles. The van der Waals surface area contributed by atoms with E-state index in [0.717, 1.165) is 29.8 Å². The standard InChI is InChI=1S/C11H12N2O2/c14-7-1-2-9-10(5-7)13-4-3-8(15)6-11(13)12-9/h1-2,5,8,14-15H,3-4,6H2. The third kappa shape index (κ3) is 1.29. The fourth-order valence-corrected chi connectivity index (χ4v) is 2.16. The normalized spacial score (nSPS) is 20.5. The van der Waals surface area contributed by atoms with Crippen LogP contribution in [-0.2, 0) is 13.0 Å². The van der Waals surface area contributed by atoms with E-state index >= 15 is 0 Å². The van der Waals surface area contributed by atoms with Gasteiger partial charge in [0, 0.05) is 19.0 Å². The van der Waals surface area contributed by atoms with Gasteiger partial charge in [0.2, 0.25) is 0 Å². The highest BCUT2D eigenvalue weighted by Gasteiger charge is 2.20. The van der Waals surface area contributed by atoms with Crippen LogP contribution in [-0.4, -0.2) is 25.9 Å². The van der Waals surface area contributed by atoms with Crippen LogP contribution in [0.1, 0.15) is 12.2 Å². The molecule has 0 amide bonds. The summed E-state index contributed by atoms with van der Waals surface area (Å²) in [6.45, 7) is 0.774. The molecule has 1 aromatic heterocycles. The van der Waals surface area contributed by atoms with Gasteiger partial charge in [-0.05, 0) is 18.6 Å². The van der Waals surface area contributed by atoms with Crippen LogP contribution in [0.25, 0.3) is 11.0 Å². The Hall–Kier alpha value is -1.55. The molecule has 0 bridgehead atoms. The topological polar surface area (TPSA) is 58.3 Å². The van der Waals surface area contributed by atoms with Crippen LogP contribution in [0.3, 0.4) is 0 Å². The first-order valence-corrected chi connectivity index (χ1v) is 5.10. The van der Waals surface area contributed by atoms with Crippen LogP contribution in [0, 0.1) is 0 Å². The zero-order chi connectivity index (χ0) is 10.4. The Labute approximate surface area is 86.8 Å². The average molecular weight is 204 g/mol. The smallest absolute Gasteiger partial charge is 0.117 e. The summed E-state index contributed by atoms with van der Waals surface area (Å²) in [5.41, 5.74) is 1.84. The molecule has 2 heterocycles. The highest BCUT2D eigenvalue weighted by Crippen LogP contribution is 2.25. The van der Waals surface area contributed by atoms with E-state index in [1.54, 1.807) is 12.1 Å². The van der Waals surface area contributed by atoms with Gasteiger partial charge in [0.1, 0.15) is 11.6 Å². The van der Waals surface area contributed by atoms with Crippen molar-refractivity contribution >= 4 is 11.0 Å². The highest BCUT2D eigenvalue weighted by molar-refractivity contribution is 5.77. The Kier molecular flexibility index (Phi) is 1.73. The van der Waals surface area contributed by atoms with Crippen LogP contribution in [0.2, 0.25) is 0 Å². The van der Waals surface area contributed by atoms with Crippen LogP contribution in [0.5, 0.6) is 5.75 Å². The van der Waals surface area contributed by atoms with E-state index in [0.29, 0.717) is 6.42 Å². The quantitative estimate of drug-likeness (QED) is 0.674. The Morgan fingerprint density at radius 1 is 1.40 bits per heavy atom. The summed E-state index contributed by atoms with van der Waals surface area (Å²) in [5.74, 6) is 1.17. The fourth-order valence-electron chi connectivity index (χ4n) is 2.16. The number of rotatable bonds is 0.